The van der Waals surface area contributed by atoms with Gasteiger partial charge in [0.25, 0.3) is 0 Å². The predicted molar refractivity (Wildman–Crippen MR) is 83.2 cm³/mol. The first-order chi connectivity index (χ1) is 9.70. The Kier molecular flexibility index (Phi) is 3.98. The summed E-state index contributed by atoms with van der Waals surface area (Å²) in [5.41, 5.74) is 2.17. The second-order valence-electron chi connectivity index (χ2n) is 5.44. The van der Waals surface area contributed by atoms with Crippen LogP contribution in [0.5, 0.6) is 0 Å². The third-order valence-corrected chi connectivity index (χ3v) is 4.66. The van der Waals surface area contributed by atoms with Gasteiger partial charge >= 0.3 is 0 Å². The second-order valence-corrected chi connectivity index (χ2v) is 6.47. The van der Waals surface area contributed by atoms with E-state index in [-0.39, 0.29) is 5.91 Å². The second kappa shape index (κ2) is 5.89. The lowest BCUT2D eigenvalue weighted by Gasteiger charge is -2.21. The lowest BCUT2D eigenvalue weighted by atomic mass is 9.94. The molecule has 0 atom stereocenters. The summed E-state index contributed by atoms with van der Waals surface area (Å²) in [6, 6.07) is 6.15. The molecular formula is C15H19N3OS. The van der Waals surface area contributed by atoms with Crippen LogP contribution in [0.3, 0.4) is 0 Å². The molecule has 1 aliphatic heterocycles. The number of thiazole rings is 1. The SMILES string of the molecule is Cc1ccc2nc(NC(=O)CC3CCNCC3)sc2c1. The molecule has 2 aromatic rings. The van der Waals surface area contributed by atoms with Crippen molar-refractivity contribution in [2.75, 3.05) is 18.4 Å². The summed E-state index contributed by atoms with van der Waals surface area (Å²) in [5, 5.41) is 6.98. The van der Waals surface area contributed by atoms with Crippen LogP contribution < -0.4 is 10.6 Å². The highest BCUT2D eigenvalue weighted by atomic mass is 32.1. The number of piperidine rings is 1. The zero-order chi connectivity index (χ0) is 13.9. The summed E-state index contributed by atoms with van der Waals surface area (Å²) in [6.07, 6.45) is 2.79. The van der Waals surface area contributed by atoms with Crippen LogP contribution in [0.4, 0.5) is 5.13 Å². The molecule has 0 aliphatic carbocycles. The molecule has 106 valence electrons. The van der Waals surface area contributed by atoms with Gasteiger partial charge in [0.15, 0.2) is 5.13 Å². The average Bonchev–Trinajstić information content (AvgIpc) is 2.80. The molecule has 0 spiro atoms. The summed E-state index contributed by atoms with van der Waals surface area (Å²) in [4.78, 5) is 16.5. The number of hydrogen-bond acceptors (Lipinski definition) is 4. The molecule has 1 saturated heterocycles. The molecule has 3 rings (SSSR count). The van der Waals surface area contributed by atoms with E-state index in [1.807, 2.05) is 12.1 Å². The van der Waals surface area contributed by atoms with Crippen LogP contribution in [0.1, 0.15) is 24.8 Å². The number of carbonyl (C=O) groups is 1. The van der Waals surface area contributed by atoms with Crippen molar-refractivity contribution in [1.82, 2.24) is 10.3 Å². The average molecular weight is 289 g/mol. The van der Waals surface area contributed by atoms with Crippen LogP contribution in [-0.2, 0) is 4.79 Å². The van der Waals surface area contributed by atoms with Crippen molar-refractivity contribution in [2.24, 2.45) is 5.92 Å². The van der Waals surface area contributed by atoms with E-state index < -0.39 is 0 Å². The number of fused-ring (bicyclic) bond motifs is 1. The number of carbonyl (C=O) groups excluding carboxylic acids is 1. The van der Waals surface area contributed by atoms with Crippen molar-refractivity contribution in [3.8, 4) is 0 Å². The maximum Gasteiger partial charge on any atom is 0.226 e. The fraction of sp³-hybridized carbons (Fsp3) is 0.467. The Labute approximate surface area is 122 Å². The first kappa shape index (κ1) is 13.5. The van der Waals surface area contributed by atoms with E-state index in [4.69, 9.17) is 0 Å². The number of rotatable bonds is 3. The quantitative estimate of drug-likeness (QED) is 0.913. The molecule has 0 saturated carbocycles. The molecule has 2 heterocycles. The number of aryl methyl sites for hydroxylation is 1. The summed E-state index contributed by atoms with van der Waals surface area (Å²) < 4.78 is 1.13. The van der Waals surface area contributed by atoms with E-state index in [1.165, 1.54) is 5.56 Å². The zero-order valence-electron chi connectivity index (χ0n) is 11.6. The number of benzene rings is 1. The monoisotopic (exact) mass is 289 g/mol. The molecule has 1 aromatic carbocycles. The van der Waals surface area contributed by atoms with Crippen LogP contribution in [0.25, 0.3) is 10.2 Å². The molecule has 20 heavy (non-hydrogen) atoms. The lowest BCUT2D eigenvalue weighted by molar-refractivity contribution is -0.117. The van der Waals surface area contributed by atoms with Crippen LogP contribution in [0, 0.1) is 12.8 Å². The Morgan fingerprint density at radius 1 is 1.45 bits per heavy atom. The molecule has 5 heteroatoms. The predicted octanol–water partition coefficient (Wildman–Crippen LogP) is 2.93. The minimum absolute atomic E-state index is 0.0904. The molecule has 2 N–H and O–H groups in total. The molecule has 0 bridgehead atoms. The van der Waals surface area contributed by atoms with E-state index in [9.17, 15) is 4.79 Å². The molecule has 1 amide bonds. The molecule has 0 unspecified atom stereocenters. The topological polar surface area (TPSA) is 54.0 Å². The van der Waals surface area contributed by atoms with E-state index in [0.29, 0.717) is 17.5 Å². The van der Waals surface area contributed by atoms with E-state index >= 15 is 0 Å². The number of aromatic nitrogens is 1. The molecule has 1 fully saturated rings. The summed E-state index contributed by atoms with van der Waals surface area (Å²) in [5.74, 6) is 0.598. The van der Waals surface area contributed by atoms with Crippen molar-refractivity contribution in [3.63, 3.8) is 0 Å². The van der Waals surface area contributed by atoms with Gasteiger partial charge in [0.2, 0.25) is 5.91 Å². The third-order valence-electron chi connectivity index (χ3n) is 3.72. The molecule has 4 nitrogen and oxygen atoms in total. The van der Waals surface area contributed by atoms with Crippen molar-refractivity contribution in [2.45, 2.75) is 26.2 Å². The van der Waals surface area contributed by atoms with Crippen LogP contribution in [-0.4, -0.2) is 24.0 Å². The maximum absolute atomic E-state index is 12.1. The summed E-state index contributed by atoms with van der Waals surface area (Å²) in [7, 11) is 0. The van der Waals surface area contributed by atoms with Gasteiger partial charge in [-0.2, -0.15) is 0 Å². The lowest BCUT2D eigenvalue weighted by Crippen LogP contribution is -2.30. The zero-order valence-corrected chi connectivity index (χ0v) is 12.4. The van der Waals surface area contributed by atoms with Gasteiger partial charge in [-0.05, 0) is 56.5 Å². The summed E-state index contributed by atoms with van der Waals surface area (Å²) >= 11 is 1.55. The van der Waals surface area contributed by atoms with Crippen molar-refractivity contribution in [3.05, 3.63) is 23.8 Å². The highest BCUT2D eigenvalue weighted by molar-refractivity contribution is 7.22. The highest BCUT2D eigenvalue weighted by Crippen LogP contribution is 2.27. The number of nitrogens with one attached hydrogen (secondary N) is 2. The van der Waals surface area contributed by atoms with Gasteiger partial charge in [0.1, 0.15) is 0 Å². The highest BCUT2D eigenvalue weighted by Gasteiger charge is 2.17. The van der Waals surface area contributed by atoms with Crippen LogP contribution >= 0.6 is 11.3 Å². The Morgan fingerprint density at radius 3 is 3.05 bits per heavy atom. The Hall–Kier alpha value is -1.46. The van der Waals surface area contributed by atoms with E-state index in [2.05, 4.69) is 28.6 Å². The largest absolute Gasteiger partial charge is 0.317 e. The first-order valence-corrected chi connectivity index (χ1v) is 7.90. The van der Waals surface area contributed by atoms with E-state index in [0.717, 1.165) is 36.1 Å². The smallest absolute Gasteiger partial charge is 0.226 e. The number of amides is 1. The van der Waals surface area contributed by atoms with Gasteiger partial charge < -0.3 is 10.6 Å². The van der Waals surface area contributed by atoms with Crippen molar-refractivity contribution in [1.29, 1.82) is 0 Å². The van der Waals surface area contributed by atoms with E-state index in [1.54, 1.807) is 11.3 Å². The number of anilines is 1. The Balaban J connectivity index is 1.64. The Bertz CT molecular complexity index is 617. The van der Waals surface area contributed by atoms with Crippen molar-refractivity contribution < 1.29 is 4.79 Å². The molecule has 0 radical (unpaired) electrons. The maximum atomic E-state index is 12.1. The minimum atomic E-state index is 0.0904. The molecule has 1 aliphatic rings. The fourth-order valence-corrected chi connectivity index (χ4v) is 3.58. The van der Waals surface area contributed by atoms with Gasteiger partial charge in [-0.15, -0.1) is 0 Å². The summed E-state index contributed by atoms with van der Waals surface area (Å²) in [6.45, 7) is 4.12. The molecule has 1 aromatic heterocycles. The van der Waals surface area contributed by atoms with Crippen LogP contribution in [0.2, 0.25) is 0 Å². The fourth-order valence-electron chi connectivity index (χ4n) is 2.60. The Morgan fingerprint density at radius 2 is 2.25 bits per heavy atom. The minimum Gasteiger partial charge on any atom is -0.317 e. The standard InChI is InChI=1S/C15H19N3OS/c1-10-2-3-12-13(8-10)20-15(17-12)18-14(19)9-11-4-6-16-7-5-11/h2-3,8,11,16H,4-7,9H2,1H3,(H,17,18,19). The number of nitrogens with zero attached hydrogens (tertiary/aromatic N) is 1. The van der Waals surface area contributed by atoms with Gasteiger partial charge in [0.05, 0.1) is 10.2 Å². The van der Waals surface area contributed by atoms with Crippen LogP contribution in [0.15, 0.2) is 18.2 Å². The third kappa shape index (κ3) is 3.16. The van der Waals surface area contributed by atoms with Gasteiger partial charge in [0, 0.05) is 6.42 Å². The first-order valence-electron chi connectivity index (χ1n) is 7.08. The normalized spacial score (nSPS) is 16.4. The molecular weight excluding hydrogens is 270 g/mol. The van der Waals surface area contributed by atoms with Crippen molar-refractivity contribution >= 4 is 32.6 Å². The van der Waals surface area contributed by atoms with Gasteiger partial charge in [-0.3, -0.25) is 4.79 Å². The number of hydrogen-bond donors (Lipinski definition) is 2. The van der Waals surface area contributed by atoms with Gasteiger partial charge in [-0.25, -0.2) is 4.98 Å². The van der Waals surface area contributed by atoms with Gasteiger partial charge in [-0.1, -0.05) is 17.4 Å².